The predicted octanol–water partition coefficient (Wildman–Crippen LogP) is 2.23. The summed E-state index contributed by atoms with van der Waals surface area (Å²) in [7, 11) is 1.73. The quantitative estimate of drug-likeness (QED) is 0.937. The lowest BCUT2D eigenvalue weighted by molar-refractivity contribution is -0.144. The lowest BCUT2D eigenvalue weighted by Crippen LogP contribution is -2.27. The van der Waals surface area contributed by atoms with Gasteiger partial charge in [0.05, 0.1) is 13.1 Å². The molecular weight excluding hydrogens is 273 g/mol. The van der Waals surface area contributed by atoms with E-state index < -0.39 is 17.4 Å². The number of furan rings is 1. The lowest BCUT2D eigenvalue weighted by atomic mass is 10.3. The van der Waals surface area contributed by atoms with Crippen molar-refractivity contribution >= 4 is 0 Å². The largest absolute Gasteiger partial charge is 0.463 e. The zero-order valence-corrected chi connectivity index (χ0v) is 10.7. The SMILES string of the molecule is CNCc1ccc(Cn2c(C(F)(F)F)cccc2=O)o1. The summed E-state index contributed by atoms with van der Waals surface area (Å²) >= 11 is 0. The first kappa shape index (κ1) is 14.4. The van der Waals surface area contributed by atoms with Crippen LogP contribution < -0.4 is 10.9 Å². The van der Waals surface area contributed by atoms with Crippen LogP contribution in [-0.2, 0) is 19.3 Å². The number of pyridine rings is 1. The van der Waals surface area contributed by atoms with Crippen LogP contribution in [0.5, 0.6) is 0 Å². The summed E-state index contributed by atoms with van der Waals surface area (Å²) in [5.74, 6) is 0.897. The highest BCUT2D eigenvalue weighted by Crippen LogP contribution is 2.28. The second-order valence-corrected chi connectivity index (χ2v) is 4.23. The fraction of sp³-hybridized carbons (Fsp3) is 0.308. The van der Waals surface area contributed by atoms with Crippen LogP contribution in [-0.4, -0.2) is 11.6 Å². The van der Waals surface area contributed by atoms with E-state index in [0.717, 1.165) is 18.2 Å². The number of halogens is 3. The second kappa shape index (κ2) is 5.54. The Kier molecular flexibility index (Phi) is 3.99. The van der Waals surface area contributed by atoms with Crippen LogP contribution in [0.2, 0.25) is 0 Å². The summed E-state index contributed by atoms with van der Waals surface area (Å²) in [5.41, 5.74) is -1.71. The van der Waals surface area contributed by atoms with Crippen LogP contribution in [0.25, 0.3) is 0 Å². The topological polar surface area (TPSA) is 47.2 Å². The van der Waals surface area contributed by atoms with Crippen LogP contribution in [0.15, 0.2) is 39.5 Å². The molecule has 2 rings (SSSR count). The van der Waals surface area contributed by atoms with E-state index in [9.17, 15) is 18.0 Å². The molecule has 108 valence electrons. The smallest absolute Gasteiger partial charge is 0.431 e. The van der Waals surface area contributed by atoms with Crippen LogP contribution in [0.3, 0.4) is 0 Å². The Morgan fingerprint density at radius 2 is 1.90 bits per heavy atom. The number of rotatable bonds is 4. The molecule has 2 aromatic rings. The molecule has 0 saturated carbocycles. The van der Waals surface area contributed by atoms with Gasteiger partial charge in [-0.15, -0.1) is 0 Å². The van der Waals surface area contributed by atoms with Gasteiger partial charge in [0.1, 0.15) is 17.2 Å². The van der Waals surface area contributed by atoms with Gasteiger partial charge in [-0.2, -0.15) is 13.2 Å². The number of nitrogens with one attached hydrogen (secondary N) is 1. The van der Waals surface area contributed by atoms with Gasteiger partial charge < -0.3 is 9.73 Å². The van der Waals surface area contributed by atoms with Crippen molar-refractivity contribution in [1.29, 1.82) is 0 Å². The number of nitrogens with zero attached hydrogens (tertiary/aromatic N) is 1. The van der Waals surface area contributed by atoms with Gasteiger partial charge in [0.15, 0.2) is 0 Å². The minimum absolute atomic E-state index is 0.252. The Bertz CT molecular complexity index is 644. The molecule has 20 heavy (non-hydrogen) atoms. The lowest BCUT2D eigenvalue weighted by Gasteiger charge is -2.13. The molecule has 2 heterocycles. The second-order valence-electron chi connectivity index (χ2n) is 4.23. The highest BCUT2D eigenvalue weighted by atomic mass is 19.4. The summed E-state index contributed by atoms with van der Waals surface area (Å²) in [6.45, 7) is 0.216. The molecule has 0 aliphatic heterocycles. The van der Waals surface area contributed by atoms with Crippen molar-refractivity contribution in [1.82, 2.24) is 9.88 Å². The summed E-state index contributed by atoms with van der Waals surface area (Å²) in [4.78, 5) is 11.6. The summed E-state index contributed by atoms with van der Waals surface area (Å²) in [6.07, 6.45) is -4.58. The fourth-order valence-corrected chi connectivity index (χ4v) is 1.86. The summed E-state index contributed by atoms with van der Waals surface area (Å²) < 4.78 is 44.6. The average Bonchev–Trinajstić information content (AvgIpc) is 2.78. The van der Waals surface area contributed by atoms with Crippen molar-refractivity contribution in [2.45, 2.75) is 19.3 Å². The van der Waals surface area contributed by atoms with Crippen LogP contribution >= 0.6 is 0 Å². The first-order chi connectivity index (χ1) is 9.41. The zero-order chi connectivity index (χ0) is 14.8. The maximum atomic E-state index is 12.9. The van der Waals surface area contributed by atoms with E-state index in [4.69, 9.17) is 4.42 Å². The molecule has 0 aromatic carbocycles. The maximum Gasteiger partial charge on any atom is 0.431 e. The monoisotopic (exact) mass is 286 g/mol. The maximum absolute atomic E-state index is 12.9. The minimum atomic E-state index is -4.58. The van der Waals surface area contributed by atoms with Crippen molar-refractivity contribution in [3.8, 4) is 0 Å². The standard InChI is InChI=1S/C13H13F3N2O2/c1-17-7-9-5-6-10(20-9)8-18-11(13(14,15)16)3-2-4-12(18)19/h2-6,17H,7-8H2,1H3. The molecule has 0 aliphatic rings. The van der Waals surface area contributed by atoms with Gasteiger partial charge in [0.2, 0.25) is 0 Å². The molecule has 4 nitrogen and oxygen atoms in total. The van der Waals surface area contributed by atoms with Crippen molar-refractivity contribution in [2.75, 3.05) is 7.05 Å². The Hall–Kier alpha value is -2.02. The number of hydrogen-bond donors (Lipinski definition) is 1. The zero-order valence-electron chi connectivity index (χ0n) is 10.7. The Morgan fingerprint density at radius 3 is 2.55 bits per heavy atom. The van der Waals surface area contributed by atoms with Gasteiger partial charge in [-0.05, 0) is 25.2 Å². The fourth-order valence-electron chi connectivity index (χ4n) is 1.86. The van der Waals surface area contributed by atoms with Gasteiger partial charge in [0, 0.05) is 6.07 Å². The normalized spacial score (nSPS) is 11.8. The number of alkyl halides is 3. The van der Waals surface area contributed by atoms with E-state index in [1.807, 2.05) is 0 Å². The molecule has 0 atom stereocenters. The summed E-state index contributed by atoms with van der Waals surface area (Å²) in [6, 6.07) is 6.28. The van der Waals surface area contributed by atoms with Crippen molar-refractivity contribution in [3.05, 3.63) is 57.9 Å². The predicted molar refractivity (Wildman–Crippen MR) is 66.3 cm³/mol. The van der Waals surface area contributed by atoms with Crippen molar-refractivity contribution in [3.63, 3.8) is 0 Å². The third kappa shape index (κ3) is 3.11. The molecule has 0 amide bonds. The molecular formula is C13H13F3N2O2. The molecule has 0 aliphatic carbocycles. The number of hydrogen-bond acceptors (Lipinski definition) is 3. The molecule has 1 N–H and O–H groups in total. The van der Waals surface area contributed by atoms with E-state index >= 15 is 0 Å². The highest BCUT2D eigenvalue weighted by Gasteiger charge is 2.34. The third-order valence-corrected chi connectivity index (χ3v) is 2.72. The first-order valence-electron chi connectivity index (χ1n) is 5.91. The highest BCUT2D eigenvalue weighted by molar-refractivity contribution is 5.14. The molecule has 2 aromatic heterocycles. The van der Waals surface area contributed by atoms with Crippen LogP contribution in [0.1, 0.15) is 17.2 Å². The van der Waals surface area contributed by atoms with E-state index in [1.54, 1.807) is 19.2 Å². The number of aromatic nitrogens is 1. The van der Waals surface area contributed by atoms with E-state index in [2.05, 4.69) is 5.32 Å². The van der Waals surface area contributed by atoms with Crippen LogP contribution in [0.4, 0.5) is 13.2 Å². The molecule has 7 heteroatoms. The molecule has 0 unspecified atom stereocenters. The molecule has 0 bridgehead atoms. The molecule has 0 spiro atoms. The third-order valence-electron chi connectivity index (χ3n) is 2.72. The Labute approximate surface area is 112 Å². The van der Waals surface area contributed by atoms with Crippen molar-refractivity contribution < 1.29 is 17.6 Å². The Balaban J connectivity index is 2.35. The first-order valence-corrected chi connectivity index (χ1v) is 5.91. The molecule has 0 radical (unpaired) electrons. The van der Waals surface area contributed by atoms with E-state index in [0.29, 0.717) is 22.6 Å². The minimum Gasteiger partial charge on any atom is -0.463 e. The van der Waals surface area contributed by atoms with Gasteiger partial charge in [-0.3, -0.25) is 9.36 Å². The van der Waals surface area contributed by atoms with Gasteiger partial charge in [-0.1, -0.05) is 6.07 Å². The average molecular weight is 286 g/mol. The van der Waals surface area contributed by atoms with Crippen molar-refractivity contribution in [2.24, 2.45) is 0 Å². The van der Waals surface area contributed by atoms with Crippen LogP contribution in [0, 0.1) is 0 Å². The van der Waals surface area contributed by atoms with Gasteiger partial charge >= 0.3 is 6.18 Å². The summed E-state index contributed by atoms with van der Waals surface area (Å²) in [5, 5.41) is 2.87. The molecule has 0 saturated heterocycles. The Morgan fingerprint density at radius 1 is 1.20 bits per heavy atom. The van der Waals surface area contributed by atoms with Gasteiger partial charge in [0.25, 0.3) is 5.56 Å². The van der Waals surface area contributed by atoms with E-state index in [-0.39, 0.29) is 6.54 Å². The molecule has 0 fully saturated rings. The van der Waals surface area contributed by atoms with Gasteiger partial charge in [-0.25, -0.2) is 0 Å². The van der Waals surface area contributed by atoms with E-state index in [1.165, 1.54) is 0 Å².